The maximum absolute atomic E-state index is 12.2. The second-order valence-electron chi connectivity index (χ2n) is 6.15. The SMILES string of the molecule is CC1CCCN(C(=O)Cn2cc(CNC3CC3)nn2)C1. The maximum Gasteiger partial charge on any atom is 0.244 e. The molecule has 1 saturated heterocycles. The molecule has 1 aromatic rings. The Morgan fingerprint density at radius 1 is 1.45 bits per heavy atom. The molecular weight excluding hydrogens is 254 g/mol. The monoisotopic (exact) mass is 277 g/mol. The molecule has 2 fully saturated rings. The largest absolute Gasteiger partial charge is 0.341 e. The van der Waals surface area contributed by atoms with Gasteiger partial charge < -0.3 is 10.2 Å². The standard InChI is InChI=1S/C14H23N5O/c1-11-3-2-6-18(8-11)14(20)10-19-9-13(16-17-19)7-15-12-4-5-12/h9,11-12,15H,2-8,10H2,1H3. The number of piperidine rings is 1. The number of likely N-dealkylation sites (tertiary alicyclic amines) is 1. The Morgan fingerprint density at radius 3 is 3.05 bits per heavy atom. The number of aromatic nitrogens is 3. The number of nitrogens with zero attached hydrogens (tertiary/aromatic N) is 4. The number of hydrogen-bond acceptors (Lipinski definition) is 4. The third-order valence-electron chi connectivity index (χ3n) is 4.04. The van der Waals surface area contributed by atoms with Crippen molar-refractivity contribution in [1.82, 2.24) is 25.2 Å². The minimum atomic E-state index is 0.156. The maximum atomic E-state index is 12.2. The number of carbonyl (C=O) groups is 1. The molecule has 1 unspecified atom stereocenters. The minimum absolute atomic E-state index is 0.156. The summed E-state index contributed by atoms with van der Waals surface area (Å²) in [5.74, 6) is 0.768. The van der Waals surface area contributed by atoms with E-state index in [1.807, 2.05) is 11.1 Å². The van der Waals surface area contributed by atoms with Gasteiger partial charge in [0.2, 0.25) is 5.91 Å². The first-order valence-electron chi connectivity index (χ1n) is 7.61. The summed E-state index contributed by atoms with van der Waals surface area (Å²) in [7, 11) is 0. The van der Waals surface area contributed by atoms with Crippen LogP contribution in [0.15, 0.2) is 6.20 Å². The number of carbonyl (C=O) groups excluding carboxylic acids is 1. The van der Waals surface area contributed by atoms with Crippen LogP contribution in [-0.2, 0) is 17.9 Å². The zero-order valence-electron chi connectivity index (χ0n) is 12.1. The Balaban J connectivity index is 1.49. The molecule has 1 N–H and O–H groups in total. The minimum Gasteiger partial charge on any atom is -0.341 e. The quantitative estimate of drug-likeness (QED) is 0.864. The second kappa shape index (κ2) is 5.91. The van der Waals surface area contributed by atoms with Crippen LogP contribution in [0.1, 0.15) is 38.3 Å². The van der Waals surface area contributed by atoms with Gasteiger partial charge in [0.05, 0.1) is 11.9 Å². The summed E-state index contributed by atoms with van der Waals surface area (Å²) in [5, 5.41) is 11.6. The number of nitrogens with one attached hydrogen (secondary N) is 1. The Hall–Kier alpha value is -1.43. The van der Waals surface area contributed by atoms with E-state index in [0.29, 0.717) is 18.5 Å². The number of rotatable bonds is 5. The van der Waals surface area contributed by atoms with Gasteiger partial charge in [-0.15, -0.1) is 5.10 Å². The first-order chi connectivity index (χ1) is 9.70. The van der Waals surface area contributed by atoms with Crippen LogP contribution in [0.25, 0.3) is 0 Å². The van der Waals surface area contributed by atoms with E-state index in [2.05, 4.69) is 22.6 Å². The Labute approximate surface area is 119 Å². The lowest BCUT2D eigenvalue weighted by Gasteiger charge is -2.30. The highest BCUT2D eigenvalue weighted by molar-refractivity contribution is 5.76. The molecule has 20 heavy (non-hydrogen) atoms. The van der Waals surface area contributed by atoms with Gasteiger partial charge in [-0.05, 0) is 31.6 Å². The first-order valence-corrected chi connectivity index (χ1v) is 7.61. The molecule has 0 aromatic carbocycles. The van der Waals surface area contributed by atoms with Crippen LogP contribution in [0, 0.1) is 5.92 Å². The molecule has 0 spiro atoms. The molecule has 0 radical (unpaired) electrons. The average Bonchev–Trinajstić information content (AvgIpc) is 3.16. The molecule has 0 bridgehead atoms. The van der Waals surface area contributed by atoms with E-state index in [1.165, 1.54) is 19.3 Å². The molecule has 2 heterocycles. The van der Waals surface area contributed by atoms with Crippen LogP contribution in [0.2, 0.25) is 0 Å². The van der Waals surface area contributed by atoms with Crippen molar-refractivity contribution in [2.45, 2.75) is 51.7 Å². The second-order valence-corrected chi connectivity index (χ2v) is 6.15. The van der Waals surface area contributed by atoms with E-state index in [1.54, 1.807) is 4.68 Å². The highest BCUT2D eigenvalue weighted by atomic mass is 16.2. The predicted molar refractivity (Wildman–Crippen MR) is 74.9 cm³/mol. The van der Waals surface area contributed by atoms with Crippen molar-refractivity contribution in [3.8, 4) is 0 Å². The van der Waals surface area contributed by atoms with E-state index in [4.69, 9.17) is 0 Å². The normalized spacial score (nSPS) is 23.1. The van der Waals surface area contributed by atoms with Gasteiger partial charge in [-0.2, -0.15) is 0 Å². The summed E-state index contributed by atoms with van der Waals surface area (Å²) in [6, 6.07) is 0.664. The van der Waals surface area contributed by atoms with Gasteiger partial charge in [-0.3, -0.25) is 4.79 Å². The van der Waals surface area contributed by atoms with Gasteiger partial charge in [0.15, 0.2) is 0 Å². The zero-order valence-corrected chi connectivity index (χ0v) is 12.1. The Kier molecular flexibility index (Phi) is 4.00. The molecule has 1 aliphatic heterocycles. The molecule has 6 nitrogen and oxygen atoms in total. The van der Waals surface area contributed by atoms with Crippen LogP contribution in [0.4, 0.5) is 0 Å². The van der Waals surface area contributed by atoms with Crippen molar-refractivity contribution in [3.63, 3.8) is 0 Å². The molecule has 1 amide bonds. The van der Waals surface area contributed by atoms with Gasteiger partial charge in [0.1, 0.15) is 6.54 Å². The van der Waals surface area contributed by atoms with Crippen molar-refractivity contribution in [2.24, 2.45) is 5.92 Å². The third kappa shape index (κ3) is 3.56. The van der Waals surface area contributed by atoms with Crippen molar-refractivity contribution in [3.05, 3.63) is 11.9 Å². The number of hydrogen-bond donors (Lipinski definition) is 1. The van der Waals surface area contributed by atoms with Crippen LogP contribution in [0.3, 0.4) is 0 Å². The van der Waals surface area contributed by atoms with Gasteiger partial charge >= 0.3 is 0 Å². The fourth-order valence-corrected chi connectivity index (χ4v) is 2.69. The van der Waals surface area contributed by atoms with Crippen molar-refractivity contribution >= 4 is 5.91 Å². The molecule has 1 saturated carbocycles. The smallest absolute Gasteiger partial charge is 0.244 e. The summed E-state index contributed by atoms with van der Waals surface area (Å²) in [6.45, 7) is 5.02. The highest BCUT2D eigenvalue weighted by Gasteiger charge is 2.22. The average molecular weight is 277 g/mol. The summed E-state index contributed by atoms with van der Waals surface area (Å²) < 4.78 is 1.66. The molecular formula is C14H23N5O. The molecule has 2 aliphatic rings. The van der Waals surface area contributed by atoms with E-state index >= 15 is 0 Å². The lowest BCUT2D eigenvalue weighted by atomic mass is 10.0. The van der Waals surface area contributed by atoms with Crippen LogP contribution in [0.5, 0.6) is 0 Å². The van der Waals surface area contributed by atoms with Crippen molar-refractivity contribution in [1.29, 1.82) is 0 Å². The third-order valence-corrected chi connectivity index (χ3v) is 4.04. The fourth-order valence-electron chi connectivity index (χ4n) is 2.69. The van der Waals surface area contributed by atoms with Crippen LogP contribution >= 0.6 is 0 Å². The topological polar surface area (TPSA) is 63.1 Å². The lowest BCUT2D eigenvalue weighted by Crippen LogP contribution is -2.40. The fraction of sp³-hybridized carbons (Fsp3) is 0.786. The van der Waals surface area contributed by atoms with Gasteiger partial charge in [-0.1, -0.05) is 12.1 Å². The van der Waals surface area contributed by atoms with Crippen molar-refractivity contribution in [2.75, 3.05) is 13.1 Å². The summed E-state index contributed by atoms with van der Waals surface area (Å²) >= 11 is 0. The molecule has 1 atom stereocenters. The highest BCUT2D eigenvalue weighted by Crippen LogP contribution is 2.19. The van der Waals surface area contributed by atoms with Gasteiger partial charge in [0, 0.05) is 25.7 Å². The van der Waals surface area contributed by atoms with Crippen LogP contribution < -0.4 is 5.32 Å². The van der Waals surface area contributed by atoms with Crippen molar-refractivity contribution < 1.29 is 4.79 Å². The zero-order chi connectivity index (χ0) is 13.9. The van der Waals surface area contributed by atoms with Gasteiger partial charge in [0.25, 0.3) is 0 Å². The Morgan fingerprint density at radius 2 is 2.30 bits per heavy atom. The molecule has 1 aliphatic carbocycles. The molecule has 6 heteroatoms. The Bertz CT molecular complexity index is 468. The summed E-state index contributed by atoms with van der Waals surface area (Å²) in [5.41, 5.74) is 0.914. The van der Waals surface area contributed by atoms with E-state index < -0.39 is 0 Å². The van der Waals surface area contributed by atoms with Crippen LogP contribution in [-0.4, -0.2) is 44.9 Å². The summed E-state index contributed by atoms with van der Waals surface area (Å²) in [4.78, 5) is 14.2. The summed E-state index contributed by atoms with van der Waals surface area (Å²) in [6.07, 6.45) is 6.74. The molecule has 1 aromatic heterocycles. The van der Waals surface area contributed by atoms with E-state index in [0.717, 1.165) is 31.7 Å². The van der Waals surface area contributed by atoms with Gasteiger partial charge in [-0.25, -0.2) is 4.68 Å². The van der Waals surface area contributed by atoms with E-state index in [-0.39, 0.29) is 5.91 Å². The lowest BCUT2D eigenvalue weighted by molar-refractivity contribution is -0.133. The molecule has 110 valence electrons. The van der Waals surface area contributed by atoms with E-state index in [9.17, 15) is 4.79 Å². The first kappa shape index (κ1) is 13.5. The number of amides is 1. The molecule has 3 rings (SSSR count). The predicted octanol–water partition coefficient (Wildman–Crippen LogP) is 0.789.